The Morgan fingerprint density at radius 2 is 1.78 bits per heavy atom. The minimum atomic E-state index is -0.468. The van der Waals surface area contributed by atoms with Crippen LogP contribution in [0.5, 0.6) is 11.5 Å². The molecule has 3 heterocycles. The maximum Gasteiger partial charge on any atom is 0.328 e. The van der Waals surface area contributed by atoms with E-state index in [1.54, 1.807) is 18.7 Å². The Morgan fingerprint density at radius 3 is 2.44 bits per heavy atom. The first-order chi connectivity index (χ1) is 17.2. The van der Waals surface area contributed by atoms with Crippen LogP contribution in [0.4, 0.5) is 11.4 Å². The first-order valence-electron chi connectivity index (χ1n) is 11.2. The number of ether oxygens (including phenoxy) is 3. The van der Waals surface area contributed by atoms with Gasteiger partial charge in [-0.2, -0.15) is 5.10 Å². The minimum absolute atomic E-state index is 0.110. The second kappa shape index (κ2) is 11.1. The molecular weight excluding hydrogens is 616 g/mol. The van der Waals surface area contributed by atoms with Gasteiger partial charge in [0.1, 0.15) is 41.8 Å². The topological polar surface area (TPSA) is 92.7 Å². The lowest BCUT2D eigenvalue weighted by Crippen LogP contribution is -2.55. The summed E-state index contributed by atoms with van der Waals surface area (Å²) in [7, 11) is 0. The highest BCUT2D eigenvalue weighted by atomic mass is 79.9. The summed E-state index contributed by atoms with van der Waals surface area (Å²) < 4.78 is 18.0. The highest BCUT2D eigenvalue weighted by Crippen LogP contribution is 2.37. The quantitative estimate of drug-likeness (QED) is 0.390. The van der Waals surface area contributed by atoms with E-state index in [0.29, 0.717) is 30.6 Å². The smallest absolute Gasteiger partial charge is 0.328 e. The number of nitrogens with one attached hydrogen (secondary N) is 1. The summed E-state index contributed by atoms with van der Waals surface area (Å²) in [5.74, 6) is 1.81. The van der Waals surface area contributed by atoms with Crippen LogP contribution in [0.2, 0.25) is 0 Å². The van der Waals surface area contributed by atoms with Crippen molar-refractivity contribution in [3.05, 3.63) is 45.3 Å². The molecule has 0 saturated carbocycles. The molecule has 0 bridgehead atoms. The summed E-state index contributed by atoms with van der Waals surface area (Å²) in [5.41, 5.74) is 4.14. The first-order valence-corrected chi connectivity index (χ1v) is 13.2. The lowest BCUT2D eigenvalue weighted by Gasteiger charge is -2.38. The number of carbonyl (C=O) groups is 2. The fraction of sp³-hybridized carbons (Fsp3) is 0.333. The second-order valence-corrected chi connectivity index (χ2v) is 10.3. The molecule has 2 atom stereocenters. The number of amidine groups is 1. The third kappa shape index (κ3) is 5.35. The number of anilines is 2. The van der Waals surface area contributed by atoms with Crippen LogP contribution in [0.25, 0.3) is 0 Å². The molecule has 1 N–H and O–H groups in total. The molecule has 5 rings (SSSR count). The molecule has 0 fully saturated rings. The predicted molar refractivity (Wildman–Crippen MR) is 148 cm³/mol. The largest absolute Gasteiger partial charge is 0.484 e. The number of thiocarbonyl (C=S) groups is 1. The van der Waals surface area contributed by atoms with E-state index in [1.807, 2.05) is 48.2 Å². The van der Waals surface area contributed by atoms with Gasteiger partial charge in [-0.25, -0.2) is 10.2 Å². The number of hydrogen-bond donors (Lipinski definition) is 1. The van der Waals surface area contributed by atoms with Crippen molar-refractivity contribution in [3.63, 3.8) is 0 Å². The number of carbonyl (C=O) groups excluding carboxylic acids is 2. The predicted octanol–water partition coefficient (Wildman–Crippen LogP) is 4.41. The summed E-state index contributed by atoms with van der Waals surface area (Å²) >= 11 is 12.1. The van der Waals surface area contributed by atoms with Gasteiger partial charge in [-0.05, 0) is 57.2 Å². The molecule has 2 aromatic rings. The number of hydrogen-bond acceptors (Lipinski definition) is 8. The van der Waals surface area contributed by atoms with Crippen LogP contribution >= 0.6 is 44.1 Å². The summed E-state index contributed by atoms with van der Waals surface area (Å²) in [6, 6.07) is 10.6. The van der Waals surface area contributed by atoms with Crippen LogP contribution in [-0.4, -0.2) is 54.6 Å². The van der Waals surface area contributed by atoms with Crippen LogP contribution in [0.1, 0.15) is 20.8 Å². The normalized spacial score (nSPS) is 18.6. The van der Waals surface area contributed by atoms with Crippen LogP contribution in [0.15, 0.2) is 50.4 Å². The van der Waals surface area contributed by atoms with Crippen LogP contribution in [-0.2, 0) is 14.3 Å². The second-order valence-electron chi connectivity index (χ2n) is 8.04. The van der Waals surface area contributed by atoms with Crippen LogP contribution in [0.3, 0.4) is 0 Å². The Hall–Kier alpha value is -2.70. The maximum atomic E-state index is 11.9. The highest BCUT2D eigenvalue weighted by molar-refractivity contribution is 9.10. The number of nitrogens with zero attached hydrogens (tertiary/aromatic N) is 3. The van der Waals surface area contributed by atoms with E-state index >= 15 is 0 Å². The molecule has 2 unspecified atom stereocenters. The van der Waals surface area contributed by atoms with Crippen molar-refractivity contribution in [3.8, 4) is 11.5 Å². The molecule has 9 nitrogen and oxygen atoms in total. The van der Waals surface area contributed by atoms with Gasteiger partial charge in [0.2, 0.25) is 0 Å². The van der Waals surface area contributed by atoms with Gasteiger partial charge in [-0.3, -0.25) is 4.79 Å². The summed E-state index contributed by atoms with van der Waals surface area (Å²) in [6.45, 7) is 6.44. The number of rotatable bonds is 3. The SMILES string of the molecule is CC1C(=O)NN=C2COc3ccc(Br)cc3N21.CCOC(=O)C(C)N1C(=S)COc2ccc(Br)cc21. The third-order valence-corrected chi connectivity index (χ3v) is 6.99. The Balaban J connectivity index is 0.000000170. The molecular formula is C24H24Br2N4O5S. The average molecular weight is 640 g/mol. The van der Waals surface area contributed by atoms with Gasteiger partial charge in [-0.1, -0.05) is 44.1 Å². The molecule has 2 aromatic carbocycles. The fourth-order valence-electron chi connectivity index (χ4n) is 3.94. The van der Waals surface area contributed by atoms with E-state index in [4.69, 9.17) is 26.4 Å². The molecule has 0 spiro atoms. The van der Waals surface area contributed by atoms with Crippen molar-refractivity contribution < 1.29 is 23.8 Å². The van der Waals surface area contributed by atoms with Crippen molar-refractivity contribution in [2.75, 3.05) is 29.6 Å². The number of halogens is 2. The lowest BCUT2D eigenvalue weighted by atomic mass is 10.1. The zero-order valence-electron chi connectivity index (χ0n) is 19.8. The number of benzene rings is 2. The third-order valence-electron chi connectivity index (χ3n) is 5.69. The first kappa shape index (κ1) is 26.4. The van der Waals surface area contributed by atoms with Crippen molar-refractivity contribution in [1.29, 1.82) is 0 Å². The number of fused-ring (bicyclic) bond motifs is 4. The Bertz CT molecular complexity index is 1240. The van der Waals surface area contributed by atoms with Gasteiger partial charge < -0.3 is 24.0 Å². The minimum Gasteiger partial charge on any atom is -0.484 e. The molecule has 3 aliphatic rings. The maximum absolute atomic E-state index is 11.9. The number of esters is 1. The molecule has 3 aliphatic heterocycles. The van der Waals surface area contributed by atoms with E-state index in [-0.39, 0.29) is 17.9 Å². The van der Waals surface area contributed by atoms with Crippen molar-refractivity contribution in [2.24, 2.45) is 5.10 Å². The van der Waals surface area contributed by atoms with Crippen molar-refractivity contribution in [1.82, 2.24) is 5.43 Å². The van der Waals surface area contributed by atoms with Crippen LogP contribution < -0.4 is 24.7 Å². The van der Waals surface area contributed by atoms with E-state index in [0.717, 1.165) is 31.9 Å². The zero-order valence-corrected chi connectivity index (χ0v) is 23.8. The molecule has 0 aromatic heterocycles. The lowest BCUT2D eigenvalue weighted by molar-refractivity contribution is -0.144. The van der Waals surface area contributed by atoms with Gasteiger partial charge in [0, 0.05) is 8.95 Å². The van der Waals surface area contributed by atoms with E-state index < -0.39 is 6.04 Å². The number of hydrazone groups is 1. The monoisotopic (exact) mass is 638 g/mol. The van der Waals surface area contributed by atoms with Gasteiger partial charge in [0.05, 0.1) is 18.0 Å². The fourth-order valence-corrected chi connectivity index (χ4v) is 4.95. The molecule has 0 radical (unpaired) electrons. The van der Waals surface area contributed by atoms with Crippen LogP contribution in [0, 0.1) is 0 Å². The van der Waals surface area contributed by atoms with Gasteiger partial charge in [0.25, 0.3) is 5.91 Å². The summed E-state index contributed by atoms with van der Waals surface area (Å²) in [5, 5.41) is 4.01. The molecule has 12 heteroatoms. The number of amides is 1. The molecule has 36 heavy (non-hydrogen) atoms. The highest BCUT2D eigenvalue weighted by Gasteiger charge is 2.35. The van der Waals surface area contributed by atoms with Crippen molar-refractivity contribution in [2.45, 2.75) is 32.9 Å². The summed E-state index contributed by atoms with van der Waals surface area (Å²) in [4.78, 5) is 27.8. The Kier molecular flexibility index (Phi) is 8.16. The van der Waals surface area contributed by atoms with Crippen molar-refractivity contribution >= 4 is 78.2 Å². The molecule has 0 saturated heterocycles. The zero-order chi connectivity index (χ0) is 26.0. The summed E-state index contributed by atoms with van der Waals surface area (Å²) in [6.07, 6.45) is 0. The Morgan fingerprint density at radius 1 is 1.17 bits per heavy atom. The van der Waals surface area contributed by atoms with Gasteiger partial charge >= 0.3 is 5.97 Å². The average Bonchev–Trinajstić information content (AvgIpc) is 2.86. The van der Waals surface area contributed by atoms with Gasteiger partial charge in [0.15, 0.2) is 5.84 Å². The molecule has 1 amide bonds. The standard InChI is InChI=1S/C13H14BrNO3S.C11H10BrN3O2/c1-3-17-13(16)8(2)15-10-6-9(14)4-5-11(10)18-7-12(15)19;1-6-11(16)14-13-10-5-17-9-3-2-7(12)4-8(9)15(6)10/h4-6,8H,3,7H2,1-2H3;2-4,6H,5H2,1H3,(H,14,16). The van der Waals surface area contributed by atoms with Gasteiger partial charge in [-0.15, -0.1) is 0 Å². The molecule has 0 aliphatic carbocycles. The van der Waals surface area contributed by atoms with E-state index in [2.05, 4.69) is 42.4 Å². The Labute approximate surface area is 231 Å². The van der Waals surface area contributed by atoms with E-state index in [9.17, 15) is 9.59 Å². The molecule has 190 valence electrons. The van der Waals surface area contributed by atoms with E-state index in [1.165, 1.54) is 0 Å².